The molecule has 0 unspecified atom stereocenters. The van der Waals surface area contributed by atoms with Gasteiger partial charge in [0, 0.05) is 48.1 Å². The number of ether oxygens (including phenoxy) is 1. The van der Waals surface area contributed by atoms with Crippen molar-refractivity contribution in [3.05, 3.63) is 84.5 Å². The molecule has 1 amide bonds. The third kappa shape index (κ3) is 5.96. The van der Waals surface area contributed by atoms with Crippen molar-refractivity contribution < 1.29 is 13.9 Å². The standard InChI is InChI=1S/C33H35FN8O2/c1-19(2)28-18-37-42-30(28)40-32(39-24-9-11-25(16-24)44-4)41-33(42)36-17-22-7-5-6-8-26(22)29-27-12-10-23(38-31(43)20(3)34)15-21(27)13-14-35-29/h5-8,10,12-15,18-19,24-25H,3,9,11,16-17H2,1-2,4H3,(H,38,43)(H2,36,39,40,41)/t24-,25-/m0/s1. The number of aromatic nitrogens is 5. The summed E-state index contributed by atoms with van der Waals surface area (Å²) in [5, 5.41) is 15.9. The van der Waals surface area contributed by atoms with Gasteiger partial charge < -0.3 is 20.7 Å². The number of hydrogen-bond donors (Lipinski definition) is 3. The monoisotopic (exact) mass is 594 g/mol. The number of carbonyl (C=O) groups is 1. The average molecular weight is 595 g/mol. The van der Waals surface area contributed by atoms with Gasteiger partial charge in [0.2, 0.25) is 11.9 Å². The van der Waals surface area contributed by atoms with Crippen molar-refractivity contribution in [1.29, 1.82) is 0 Å². The Bertz CT molecular complexity index is 1850. The Morgan fingerprint density at radius 1 is 1.16 bits per heavy atom. The Labute approximate surface area is 254 Å². The molecule has 44 heavy (non-hydrogen) atoms. The van der Waals surface area contributed by atoms with Gasteiger partial charge in [-0.1, -0.05) is 50.8 Å². The molecule has 0 aliphatic heterocycles. The Kier molecular flexibility index (Phi) is 8.21. The second-order valence-corrected chi connectivity index (χ2v) is 11.3. The van der Waals surface area contributed by atoms with E-state index in [0.29, 0.717) is 24.1 Å². The minimum Gasteiger partial charge on any atom is -0.381 e. The van der Waals surface area contributed by atoms with Crippen molar-refractivity contribution in [2.24, 2.45) is 0 Å². The number of pyridine rings is 1. The SMILES string of the molecule is C=C(F)C(=O)Nc1ccc2c(-c3ccccc3CNc3nc(N[C@H]4CC[C@H](OC)C4)nc4c(C(C)C)cnn34)nccc2c1. The molecule has 1 fully saturated rings. The van der Waals surface area contributed by atoms with Gasteiger partial charge in [0.25, 0.3) is 5.91 Å². The van der Waals surface area contributed by atoms with Crippen LogP contribution in [0.2, 0.25) is 0 Å². The van der Waals surface area contributed by atoms with Gasteiger partial charge in [-0.3, -0.25) is 9.78 Å². The fourth-order valence-corrected chi connectivity index (χ4v) is 5.70. The first kappa shape index (κ1) is 29.2. The lowest BCUT2D eigenvalue weighted by atomic mass is 9.99. The van der Waals surface area contributed by atoms with Gasteiger partial charge in [0.05, 0.1) is 18.0 Å². The number of rotatable bonds is 10. The molecule has 10 nitrogen and oxygen atoms in total. The van der Waals surface area contributed by atoms with Gasteiger partial charge >= 0.3 is 0 Å². The largest absolute Gasteiger partial charge is 0.381 e. The molecular formula is C33H35FN8O2. The predicted molar refractivity (Wildman–Crippen MR) is 170 cm³/mol. The maximum atomic E-state index is 13.2. The van der Waals surface area contributed by atoms with Crippen LogP contribution in [0, 0.1) is 0 Å². The smallest absolute Gasteiger partial charge is 0.283 e. The van der Waals surface area contributed by atoms with Crippen LogP contribution in [0.3, 0.4) is 0 Å². The Morgan fingerprint density at radius 2 is 2.00 bits per heavy atom. The summed E-state index contributed by atoms with van der Waals surface area (Å²) in [4.78, 5) is 26.2. The molecule has 6 rings (SSSR count). The number of nitrogens with one attached hydrogen (secondary N) is 3. The number of carbonyl (C=O) groups excluding carboxylic acids is 1. The van der Waals surface area contributed by atoms with Crippen LogP contribution in [-0.4, -0.2) is 49.7 Å². The van der Waals surface area contributed by atoms with Gasteiger partial charge in [-0.25, -0.2) is 4.39 Å². The molecule has 0 saturated heterocycles. The van der Waals surface area contributed by atoms with Crippen molar-refractivity contribution in [3.63, 3.8) is 0 Å². The van der Waals surface area contributed by atoms with Crippen LogP contribution in [0.15, 0.2) is 73.3 Å². The molecule has 2 aromatic carbocycles. The molecule has 5 aromatic rings. The number of methoxy groups -OCH3 is 1. The van der Waals surface area contributed by atoms with E-state index >= 15 is 0 Å². The summed E-state index contributed by atoms with van der Waals surface area (Å²) in [5.41, 5.74) is 5.03. The number of halogens is 1. The van der Waals surface area contributed by atoms with Crippen LogP contribution in [0.4, 0.5) is 22.0 Å². The quantitative estimate of drug-likeness (QED) is 0.157. The molecule has 0 spiro atoms. The summed E-state index contributed by atoms with van der Waals surface area (Å²) >= 11 is 0. The van der Waals surface area contributed by atoms with E-state index < -0.39 is 11.7 Å². The van der Waals surface area contributed by atoms with Gasteiger partial charge in [0.1, 0.15) is 0 Å². The van der Waals surface area contributed by atoms with Crippen molar-refractivity contribution in [1.82, 2.24) is 24.6 Å². The highest BCUT2D eigenvalue weighted by Crippen LogP contribution is 2.32. The number of amides is 1. The van der Waals surface area contributed by atoms with E-state index in [1.54, 1.807) is 30.0 Å². The van der Waals surface area contributed by atoms with E-state index in [0.717, 1.165) is 58.1 Å². The summed E-state index contributed by atoms with van der Waals surface area (Å²) in [6.07, 6.45) is 6.74. The first-order chi connectivity index (χ1) is 21.3. The highest BCUT2D eigenvalue weighted by Gasteiger charge is 2.26. The Balaban J connectivity index is 1.31. The fourth-order valence-electron chi connectivity index (χ4n) is 5.70. The number of anilines is 3. The molecule has 1 aliphatic carbocycles. The van der Waals surface area contributed by atoms with Crippen LogP contribution < -0.4 is 16.0 Å². The minimum absolute atomic E-state index is 0.239. The van der Waals surface area contributed by atoms with Crippen molar-refractivity contribution in [3.8, 4) is 11.3 Å². The van der Waals surface area contributed by atoms with E-state index in [2.05, 4.69) is 41.5 Å². The summed E-state index contributed by atoms with van der Waals surface area (Å²) in [6, 6.07) is 15.5. The van der Waals surface area contributed by atoms with E-state index in [1.807, 2.05) is 42.6 Å². The van der Waals surface area contributed by atoms with Gasteiger partial charge in [-0.05, 0) is 54.3 Å². The zero-order valence-corrected chi connectivity index (χ0v) is 25.0. The van der Waals surface area contributed by atoms with E-state index in [1.165, 1.54) is 0 Å². The molecule has 3 N–H and O–H groups in total. The van der Waals surface area contributed by atoms with Gasteiger partial charge in [-0.15, -0.1) is 0 Å². The molecule has 1 saturated carbocycles. The summed E-state index contributed by atoms with van der Waals surface area (Å²) in [7, 11) is 1.76. The highest BCUT2D eigenvalue weighted by atomic mass is 19.1. The van der Waals surface area contributed by atoms with E-state index in [9.17, 15) is 9.18 Å². The fraction of sp³-hybridized carbons (Fsp3) is 0.303. The molecule has 11 heteroatoms. The third-order valence-electron chi connectivity index (χ3n) is 8.05. The third-order valence-corrected chi connectivity index (χ3v) is 8.05. The maximum Gasteiger partial charge on any atom is 0.283 e. The first-order valence-electron chi connectivity index (χ1n) is 14.7. The van der Waals surface area contributed by atoms with Crippen LogP contribution in [0.1, 0.15) is 50.2 Å². The lowest BCUT2D eigenvalue weighted by Crippen LogP contribution is -2.20. The predicted octanol–water partition coefficient (Wildman–Crippen LogP) is 6.48. The number of benzene rings is 2. The zero-order chi connectivity index (χ0) is 30.8. The summed E-state index contributed by atoms with van der Waals surface area (Å²) in [6.45, 7) is 7.77. The summed E-state index contributed by atoms with van der Waals surface area (Å²) in [5.74, 6) is -0.518. The van der Waals surface area contributed by atoms with Crippen molar-refractivity contribution in [2.75, 3.05) is 23.1 Å². The molecular weight excluding hydrogens is 559 g/mol. The minimum atomic E-state index is -1.04. The average Bonchev–Trinajstić information content (AvgIpc) is 3.67. The highest BCUT2D eigenvalue weighted by molar-refractivity contribution is 6.04. The Hall–Kier alpha value is -4.90. The molecule has 226 valence electrons. The number of nitrogens with zero attached hydrogens (tertiary/aromatic N) is 5. The molecule has 0 radical (unpaired) electrons. The first-order valence-corrected chi connectivity index (χ1v) is 14.7. The van der Waals surface area contributed by atoms with Gasteiger partial charge in [-0.2, -0.15) is 19.6 Å². The lowest BCUT2D eigenvalue weighted by Gasteiger charge is -2.16. The second-order valence-electron chi connectivity index (χ2n) is 11.3. The van der Waals surface area contributed by atoms with Crippen LogP contribution in [0.5, 0.6) is 0 Å². The number of hydrogen-bond acceptors (Lipinski definition) is 8. The Morgan fingerprint density at radius 3 is 2.77 bits per heavy atom. The second kappa shape index (κ2) is 12.4. The van der Waals surface area contributed by atoms with Crippen molar-refractivity contribution in [2.45, 2.75) is 57.7 Å². The van der Waals surface area contributed by atoms with Gasteiger partial charge in [0.15, 0.2) is 11.5 Å². The van der Waals surface area contributed by atoms with E-state index in [4.69, 9.17) is 19.7 Å². The summed E-state index contributed by atoms with van der Waals surface area (Å²) < 4.78 is 20.6. The lowest BCUT2D eigenvalue weighted by molar-refractivity contribution is -0.114. The molecule has 0 bridgehead atoms. The normalized spacial score (nSPS) is 16.5. The molecule has 3 aromatic heterocycles. The van der Waals surface area contributed by atoms with Crippen LogP contribution in [-0.2, 0) is 16.1 Å². The molecule has 2 atom stereocenters. The molecule has 3 heterocycles. The van der Waals surface area contributed by atoms with Crippen molar-refractivity contribution >= 4 is 39.9 Å². The topological polar surface area (TPSA) is 118 Å². The molecule has 1 aliphatic rings. The maximum absolute atomic E-state index is 13.2. The number of fused-ring (bicyclic) bond motifs is 2. The van der Waals surface area contributed by atoms with E-state index in [-0.39, 0.29) is 18.1 Å². The van der Waals surface area contributed by atoms with Crippen LogP contribution >= 0.6 is 0 Å². The van der Waals surface area contributed by atoms with Crippen LogP contribution in [0.25, 0.3) is 27.7 Å². The zero-order valence-electron chi connectivity index (χ0n) is 25.0.